The summed E-state index contributed by atoms with van der Waals surface area (Å²) >= 11 is 0. The molecule has 1 aliphatic carbocycles. The summed E-state index contributed by atoms with van der Waals surface area (Å²) in [4.78, 5) is 37.3. The van der Waals surface area contributed by atoms with Crippen LogP contribution < -0.4 is 9.64 Å². The van der Waals surface area contributed by atoms with Crippen LogP contribution in [-0.2, 0) is 14.4 Å². The number of nitrogens with zero attached hydrogens (tertiary/aromatic N) is 1. The van der Waals surface area contributed by atoms with E-state index in [0.717, 1.165) is 0 Å². The van der Waals surface area contributed by atoms with Crippen molar-refractivity contribution in [3.63, 3.8) is 0 Å². The van der Waals surface area contributed by atoms with Crippen LogP contribution in [0.1, 0.15) is 20.3 Å². The highest BCUT2D eigenvalue weighted by Gasteiger charge is 2.50. The number of carbonyl (C=O) groups is 3. The molecule has 0 unspecified atom stereocenters. The van der Waals surface area contributed by atoms with Gasteiger partial charge in [-0.3, -0.25) is 19.3 Å². The van der Waals surface area contributed by atoms with Crippen LogP contribution in [0.25, 0.3) is 0 Å². The van der Waals surface area contributed by atoms with Gasteiger partial charge >= 0.3 is 5.97 Å². The fourth-order valence-corrected chi connectivity index (χ4v) is 3.23. The van der Waals surface area contributed by atoms with Crippen LogP contribution in [0.2, 0.25) is 0 Å². The molecule has 0 radical (unpaired) electrons. The average Bonchev–Trinajstić information content (AvgIpc) is 2.73. The Labute approximate surface area is 128 Å². The summed E-state index contributed by atoms with van der Waals surface area (Å²) in [5.74, 6) is -0.778. The Kier molecular flexibility index (Phi) is 3.56. The molecule has 0 saturated carbocycles. The van der Waals surface area contributed by atoms with Crippen molar-refractivity contribution in [1.29, 1.82) is 0 Å². The maximum Gasteiger partial charge on any atom is 0.308 e. The van der Waals surface area contributed by atoms with Gasteiger partial charge in [-0.25, -0.2) is 0 Å². The van der Waals surface area contributed by atoms with Gasteiger partial charge in [0.25, 0.3) is 0 Å². The number of amides is 2. The maximum absolute atomic E-state index is 12.6. The monoisotopic (exact) mass is 299 g/mol. The summed E-state index contributed by atoms with van der Waals surface area (Å²) in [6.07, 6.45) is 4.59. The Morgan fingerprint density at radius 2 is 1.86 bits per heavy atom. The van der Waals surface area contributed by atoms with Gasteiger partial charge in [-0.2, -0.15) is 0 Å². The first-order valence-corrected chi connectivity index (χ1v) is 7.32. The lowest BCUT2D eigenvalue weighted by molar-refractivity contribution is -0.132. The third-order valence-electron chi connectivity index (χ3n) is 4.23. The summed E-state index contributed by atoms with van der Waals surface area (Å²) in [7, 11) is 0. The number of carbonyl (C=O) groups excluding carboxylic acids is 3. The molecule has 3 rings (SSSR count). The molecule has 1 aromatic rings. The summed E-state index contributed by atoms with van der Waals surface area (Å²) in [6.45, 7) is 3.28. The molecule has 114 valence electrons. The molecule has 5 heteroatoms. The number of imide groups is 1. The average molecular weight is 299 g/mol. The second kappa shape index (κ2) is 5.40. The van der Waals surface area contributed by atoms with Crippen LogP contribution in [0.4, 0.5) is 5.69 Å². The van der Waals surface area contributed by atoms with Gasteiger partial charge in [-0.1, -0.05) is 19.1 Å². The molecule has 2 amide bonds. The molecule has 1 heterocycles. The third-order valence-corrected chi connectivity index (χ3v) is 4.23. The Morgan fingerprint density at radius 1 is 1.18 bits per heavy atom. The number of benzene rings is 1. The van der Waals surface area contributed by atoms with Crippen LogP contribution in [-0.4, -0.2) is 17.8 Å². The normalized spacial score (nSPS) is 27.0. The Balaban J connectivity index is 1.87. The molecular weight excluding hydrogens is 282 g/mol. The summed E-state index contributed by atoms with van der Waals surface area (Å²) in [5, 5.41) is 0. The minimum Gasteiger partial charge on any atom is -0.427 e. The van der Waals surface area contributed by atoms with E-state index in [4.69, 9.17) is 4.74 Å². The molecule has 5 nitrogen and oxygen atoms in total. The highest BCUT2D eigenvalue weighted by atomic mass is 16.5. The standard InChI is InChI=1S/C17H17NO4/c1-10-4-3-5-14-15(10)17(21)18(16(14)20)12-6-8-13(9-7-12)22-11(2)19/h3-4,6-10,14-15H,5H2,1-2H3/t10-,14+,15+/m1/s1. The van der Waals surface area contributed by atoms with Gasteiger partial charge in [0.2, 0.25) is 11.8 Å². The van der Waals surface area contributed by atoms with Crippen LogP contribution >= 0.6 is 0 Å². The Bertz CT molecular complexity index is 662. The molecule has 3 atom stereocenters. The lowest BCUT2D eigenvalue weighted by atomic mass is 9.78. The van der Waals surface area contributed by atoms with E-state index < -0.39 is 5.97 Å². The van der Waals surface area contributed by atoms with Crippen molar-refractivity contribution in [3.8, 4) is 5.75 Å². The minimum atomic E-state index is -0.410. The number of ether oxygens (including phenoxy) is 1. The van der Waals surface area contributed by atoms with Gasteiger partial charge in [-0.15, -0.1) is 0 Å². The quantitative estimate of drug-likeness (QED) is 0.364. The maximum atomic E-state index is 12.6. The zero-order chi connectivity index (χ0) is 15.9. The molecule has 2 aliphatic rings. The number of hydrogen-bond acceptors (Lipinski definition) is 4. The number of allylic oxidation sites excluding steroid dienone is 2. The highest BCUT2D eigenvalue weighted by molar-refractivity contribution is 6.22. The van der Waals surface area contributed by atoms with Crippen molar-refractivity contribution in [2.45, 2.75) is 20.3 Å². The highest BCUT2D eigenvalue weighted by Crippen LogP contribution is 2.40. The van der Waals surface area contributed by atoms with Gasteiger partial charge in [0.05, 0.1) is 17.5 Å². The molecule has 0 spiro atoms. The molecule has 1 aromatic carbocycles. The smallest absolute Gasteiger partial charge is 0.308 e. The predicted octanol–water partition coefficient (Wildman–Crippen LogP) is 2.31. The van der Waals surface area contributed by atoms with Gasteiger partial charge in [-0.05, 0) is 36.6 Å². The molecule has 1 aliphatic heterocycles. The second-order valence-electron chi connectivity index (χ2n) is 5.75. The van der Waals surface area contributed by atoms with E-state index in [2.05, 4.69) is 0 Å². The van der Waals surface area contributed by atoms with Crippen LogP contribution in [0.5, 0.6) is 5.75 Å². The van der Waals surface area contributed by atoms with Crippen LogP contribution in [0, 0.1) is 17.8 Å². The number of rotatable bonds is 2. The summed E-state index contributed by atoms with van der Waals surface area (Å²) in [5.41, 5.74) is 0.521. The first kappa shape index (κ1) is 14.5. The molecule has 1 fully saturated rings. The largest absolute Gasteiger partial charge is 0.427 e. The van der Waals surface area contributed by atoms with Crippen LogP contribution in [0.3, 0.4) is 0 Å². The number of fused-ring (bicyclic) bond motifs is 1. The Hall–Kier alpha value is -2.43. The summed E-state index contributed by atoms with van der Waals surface area (Å²) in [6, 6.07) is 6.43. The van der Waals surface area contributed by atoms with E-state index in [1.165, 1.54) is 11.8 Å². The molecule has 22 heavy (non-hydrogen) atoms. The third kappa shape index (κ3) is 2.32. The van der Waals surface area contributed by atoms with Gasteiger partial charge in [0, 0.05) is 6.92 Å². The number of esters is 1. The second-order valence-corrected chi connectivity index (χ2v) is 5.75. The SMILES string of the molecule is CC(=O)Oc1ccc(N2C(=O)[C@H]3[C@H](C)C=CC[C@@H]3C2=O)cc1. The predicted molar refractivity (Wildman–Crippen MR) is 80.1 cm³/mol. The fourth-order valence-electron chi connectivity index (χ4n) is 3.23. The minimum absolute atomic E-state index is 0.0699. The fraction of sp³-hybridized carbons (Fsp3) is 0.353. The van der Waals surface area contributed by atoms with Crippen molar-refractivity contribution in [3.05, 3.63) is 36.4 Å². The molecule has 0 bridgehead atoms. The number of anilines is 1. The van der Waals surface area contributed by atoms with Crippen LogP contribution in [0.15, 0.2) is 36.4 Å². The van der Waals surface area contributed by atoms with E-state index >= 15 is 0 Å². The molecular formula is C17H17NO4. The first-order chi connectivity index (χ1) is 10.5. The van der Waals surface area contributed by atoms with E-state index in [1.54, 1.807) is 24.3 Å². The molecule has 0 aromatic heterocycles. The zero-order valence-electron chi connectivity index (χ0n) is 12.5. The molecule has 1 saturated heterocycles. The van der Waals surface area contributed by atoms with E-state index in [9.17, 15) is 14.4 Å². The van der Waals surface area contributed by atoms with Crippen molar-refractivity contribution < 1.29 is 19.1 Å². The topological polar surface area (TPSA) is 63.7 Å². The zero-order valence-corrected chi connectivity index (χ0v) is 12.5. The van der Waals surface area contributed by atoms with Crippen molar-refractivity contribution in [1.82, 2.24) is 0 Å². The van der Waals surface area contributed by atoms with Gasteiger partial charge in [0.15, 0.2) is 0 Å². The van der Waals surface area contributed by atoms with E-state index in [-0.39, 0.29) is 29.6 Å². The van der Waals surface area contributed by atoms with Crippen molar-refractivity contribution in [2.24, 2.45) is 17.8 Å². The van der Waals surface area contributed by atoms with Crippen molar-refractivity contribution >= 4 is 23.5 Å². The lowest BCUT2D eigenvalue weighted by Crippen LogP contribution is -2.31. The number of hydrogen-bond donors (Lipinski definition) is 0. The summed E-state index contributed by atoms with van der Waals surface area (Å²) < 4.78 is 4.96. The van der Waals surface area contributed by atoms with Gasteiger partial charge in [0.1, 0.15) is 5.75 Å². The lowest BCUT2D eigenvalue weighted by Gasteiger charge is -2.22. The van der Waals surface area contributed by atoms with E-state index in [1.807, 2.05) is 19.1 Å². The Morgan fingerprint density at radius 3 is 2.45 bits per heavy atom. The molecule has 0 N–H and O–H groups in total. The van der Waals surface area contributed by atoms with E-state index in [0.29, 0.717) is 17.9 Å². The van der Waals surface area contributed by atoms with Crippen molar-refractivity contribution in [2.75, 3.05) is 4.90 Å². The first-order valence-electron chi connectivity index (χ1n) is 7.32. The van der Waals surface area contributed by atoms with Gasteiger partial charge < -0.3 is 4.74 Å².